The standard InChI is InChI=1S/C6H10O2/c1-2-3-5-6(4-7)8-5/h4-6H,2-3H2,1H3/t5-,6+/m1/s1. The predicted molar refractivity (Wildman–Crippen MR) is 29.6 cm³/mol. The summed E-state index contributed by atoms with van der Waals surface area (Å²) in [6.45, 7) is 2.09. The Hall–Kier alpha value is -0.370. The topological polar surface area (TPSA) is 29.6 Å². The molecule has 2 nitrogen and oxygen atoms in total. The van der Waals surface area contributed by atoms with Gasteiger partial charge < -0.3 is 9.53 Å². The Bertz CT molecular complexity index is 90.5. The van der Waals surface area contributed by atoms with Crippen LogP contribution in [0.15, 0.2) is 0 Å². The third-order valence-electron chi connectivity index (χ3n) is 1.33. The predicted octanol–water partition coefficient (Wildman–Crippen LogP) is 0.753. The average molecular weight is 114 g/mol. The largest absolute Gasteiger partial charge is 0.362 e. The molecule has 2 heteroatoms. The normalized spacial score (nSPS) is 34.6. The second-order valence-corrected chi connectivity index (χ2v) is 2.06. The summed E-state index contributed by atoms with van der Waals surface area (Å²) >= 11 is 0. The number of rotatable bonds is 3. The zero-order valence-corrected chi connectivity index (χ0v) is 4.96. The zero-order chi connectivity index (χ0) is 5.98. The van der Waals surface area contributed by atoms with Crippen molar-refractivity contribution in [3.63, 3.8) is 0 Å². The molecule has 0 aromatic heterocycles. The lowest BCUT2D eigenvalue weighted by molar-refractivity contribution is -0.108. The average Bonchev–Trinajstić information content (AvgIpc) is 2.48. The van der Waals surface area contributed by atoms with Gasteiger partial charge in [0.25, 0.3) is 0 Å². The number of carbonyl (C=O) groups is 1. The lowest BCUT2D eigenvalue weighted by atomic mass is 10.2. The number of ether oxygens (including phenoxy) is 1. The highest BCUT2D eigenvalue weighted by atomic mass is 16.6. The Kier molecular flexibility index (Phi) is 1.63. The molecule has 0 aromatic rings. The van der Waals surface area contributed by atoms with Gasteiger partial charge in [-0.1, -0.05) is 13.3 Å². The van der Waals surface area contributed by atoms with Crippen molar-refractivity contribution in [2.24, 2.45) is 0 Å². The van der Waals surface area contributed by atoms with E-state index in [4.69, 9.17) is 4.74 Å². The zero-order valence-electron chi connectivity index (χ0n) is 4.96. The first-order valence-corrected chi connectivity index (χ1v) is 2.99. The molecule has 1 aliphatic rings. The van der Waals surface area contributed by atoms with Crippen molar-refractivity contribution in [1.29, 1.82) is 0 Å². The molecule has 0 radical (unpaired) electrons. The minimum atomic E-state index is -0.0602. The van der Waals surface area contributed by atoms with E-state index in [0.717, 1.165) is 19.1 Å². The third-order valence-corrected chi connectivity index (χ3v) is 1.33. The molecule has 0 saturated carbocycles. The van der Waals surface area contributed by atoms with E-state index >= 15 is 0 Å². The molecule has 1 saturated heterocycles. The van der Waals surface area contributed by atoms with E-state index in [9.17, 15) is 4.79 Å². The number of epoxide rings is 1. The molecular formula is C6H10O2. The van der Waals surface area contributed by atoms with Crippen LogP contribution < -0.4 is 0 Å². The Morgan fingerprint density at radius 1 is 1.75 bits per heavy atom. The molecule has 0 unspecified atom stereocenters. The summed E-state index contributed by atoms with van der Waals surface area (Å²) in [5.74, 6) is 0. The third kappa shape index (κ3) is 1.07. The SMILES string of the molecule is CCC[C@H]1O[C@H]1C=O. The van der Waals surface area contributed by atoms with E-state index in [2.05, 4.69) is 6.92 Å². The van der Waals surface area contributed by atoms with Crippen molar-refractivity contribution in [3.8, 4) is 0 Å². The van der Waals surface area contributed by atoms with Crippen molar-refractivity contribution in [2.45, 2.75) is 32.0 Å². The fourth-order valence-corrected chi connectivity index (χ4v) is 0.793. The molecule has 1 aliphatic heterocycles. The summed E-state index contributed by atoms with van der Waals surface area (Å²) in [6, 6.07) is 0. The van der Waals surface area contributed by atoms with Crippen molar-refractivity contribution in [3.05, 3.63) is 0 Å². The van der Waals surface area contributed by atoms with Crippen molar-refractivity contribution in [1.82, 2.24) is 0 Å². The van der Waals surface area contributed by atoms with E-state index in [-0.39, 0.29) is 12.2 Å². The van der Waals surface area contributed by atoms with Crippen LogP contribution in [0.2, 0.25) is 0 Å². The maximum atomic E-state index is 9.93. The van der Waals surface area contributed by atoms with Crippen LogP contribution in [0.3, 0.4) is 0 Å². The minimum Gasteiger partial charge on any atom is -0.362 e. The fourth-order valence-electron chi connectivity index (χ4n) is 0.793. The Morgan fingerprint density at radius 2 is 2.50 bits per heavy atom. The number of hydrogen-bond acceptors (Lipinski definition) is 2. The fraction of sp³-hybridized carbons (Fsp3) is 0.833. The molecule has 0 spiro atoms. The second-order valence-electron chi connectivity index (χ2n) is 2.06. The number of carbonyl (C=O) groups excluding carboxylic acids is 1. The highest BCUT2D eigenvalue weighted by Crippen LogP contribution is 2.23. The van der Waals surface area contributed by atoms with Gasteiger partial charge in [0, 0.05) is 0 Å². The van der Waals surface area contributed by atoms with Crippen molar-refractivity contribution < 1.29 is 9.53 Å². The summed E-state index contributed by atoms with van der Waals surface area (Å²) in [5.41, 5.74) is 0. The van der Waals surface area contributed by atoms with Crippen LogP contribution in [0.5, 0.6) is 0 Å². The lowest BCUT2D eigenvalue weighted by Gasteiger charge is -1.81. The van der Waals surface area contributed by atoms with Gasteiger partial charge in [0.15, 0.2) is 6.29 Å². The first-order chi connectivity index (χ1) is 3.88. The van der Waals surface area contributed by atoms with Crippen LogP contribution >= 0.6 is 0 Å². The van der Waals surface area contributed by atoms with Crippen LogP contribution in [0, 0.1) is 0 Å². The summed E-state index contributed by atoms with van der Waals surface area (Å²) in [6.07, 6.45) is 3.21. The second kappa shape index (κ2) is 2.27. The van der Waals surface area contributed by atoms with Gasteiger partial charge in [-0.25, -0.2) is 0 Å². The van der Waals surface area contributed by atoms with Crippen LogP contribution in [0.25, 0.3) is 0 Å². The molecule has 2 atom stereocenters. The van der Waals surface area contributed by atoms with E-state index in [1.807, 2.05) is 0 Å². The van der Waals surface area contributed by atoms with E-state index in [1.54, 1.807) is 0 Å². The summed E-state index contributed by atoms with van der Waals surface area (Å²) in [5, 5.41) is 0. The van der Waals surface area contributed by atoms with E-state index < -0.39 is 0 Å². The molecule has 1 rings (SSSR count). The van der Waals surface area contributed by atoms with Gasteiger partial charge in [-0.2, -0.15) is 0 Å². The summed E-state index contributed by atoms with van der Waals surface area (Å²) in [4.78, 5) is 9.93. The van der Waals surface area contributed by atoms with Crippen LogP contribution in [0.4, 0.5) is 0 Å². The molecule has 1 heterocycles. The van der Waals surface area contributed by atoms with Gasteiger partial charge in [-0.05, 0) is 6.42 Å². The molecule has 0 N–H and O–H groups in total. The minimum absolute atomic E-state index is 0.0602. The maximum absolute atomic E-state index is 9.93. The Labute approximate surface area is 48.8 Å². The van der Waals surface area contributed by atoms with Gasteiger partial charge in [-0.15, -0.1) is 0 Å². The van der Waals surface area contributed by atoms with Gasteiger partial charge in [0.1, 0.15) is 6.10 Å². The Morgan fingerprint density at radius 3 is 2.88 bits per heavy atom. The monoisotopic (exact) mass is 114 g/mol. The van der Waals surface area contributed by atoms with E-state index in [0.29, 0.717) is 0 Å². The van der Waals surface area contributed by atoms with Gasteiger partial charge >= 0.3 is 0 Å². The van der Waals surface area contributed by atoms with Crippen LogP contribution in [0.1, 0.15) is 19.8 Å². The lowest BCUT2D eigenvalue weighted by Crippen LogP contribution is -1.92. The maximum Gasteiger partial charge on any atom is 0.151 e. The van der Waals surface area contributed by atoms with Gasteiger partial charge in [0.05, 0.1) is 6.10 Å². The van der Waals surface area contributed by atoms with Crippen molar-refractivity contribution in [2.75, 3.05) is 0 Å². The summed E-state index contributed by atoms with van der Waals surface area (Å²) < 4.78 is 4.94. The smallest absolute Gasteiger partial charge is 0.151 e. The Balaban J connectivity index is 2.07. The molecule has 0 aliphatic carbocycles. The highest BCUT2D eigenvalue weighted by molar-refractivity contribution is 5.60. The van der Waals surface area contributed by atoms with Crippen molar-refractivity contribution >= 4 is 6.29 Å². The van der Waals surface area contributed by atoms with Gasteiger partial charge in [-0.3, -0.25) is 0 Å². The first-order valence-electron chi connectivity index (χ1n) is 2.99. The van der Waals surface area contributed by atoms with Crippen LogP contribution in [-0.2, 0) is 9.53 Å². The molecule has 0 aromatic carbocycles. The van der Waals surface area contributed by atoms with Crippen LogP contribution in [-0.4, -0.2) is 18.5 Å². The molecule has 1 fully saturated rings. The molecular weight excluding hydrogens is 104 g/mol. The quantitative estimate of drug-likeness (QED) is 0.400. The summed E-state index contributed by atoms with van der Waals surface area (Å²) in [7, 11) is 0. The highest BCUT2D eigenvalue weighted by Gasteiger charge is 2.36. The molecule has 0 amide bonds. The number of hydrogen-bond donors (Lipinski definition) is 0. The van der Waals surface area contributed by atoms with Gasteiger partial charge in [0.2, 0.25) is 0 Å². The molecule has 46 valence electrons. The molecule has 8 heavy (non-hydrogen) atoms. The number of aldehydes is 1. The first kappa shape index (κ1) is 5.76. The van der Waals surface area contributed by atoms with E-state index in [1.165, 1.54) is 0 Å². The molecule has 0 bridgehead atoms.